The van der Waals surface area contributed by atoms with Crippen molar-refractivity contribution in [3.8, 4) is 0 Å². The predicted octanol–water partition coefficient (Wildman–Crippen LogP) is 3.26. The van der Waals surface area contributed by atoms with E-state index in [1.807, 2.05) is 51.1 Å². The molecule has 0 fully saturated rings. The molecule has 0 saturated carbocycles. The van der Waals surface area contributed by atoms with E-state index < -0.39 is 11.9 Å². The van der Waals surface area contributed by atoms with Gasteiger partial charge in [-0.05, 0) is 26.3 Å². The van der Waals surface area contributed by atoms with Crippen molar-refractivity contribution in [2.45, 2.75) is 33.7 Å². The van der Waals surface area contributed by atoms with E-state index in [0.29, 0.717) is 0 Å². The molecule has 0 heterocycles. The smallest absolute Gasteiger partial charge is 0.308 e. The van der Waals surface area contributed by atoms with E-state index in [4.69, 9.17) is 5.11 Å². The normalized spacial score (nSPS) is 13.1. The molecule has 0 bridgehead atoms. The Bertz CT molecular complexity index is 518. The van der Waals surface area contributed by atoms with Gasteiger partial charge in [-0.1, -0.05) is 42.8 Å². The van der Waals surface area contributed by atoms with Gasteiger partial charge in [0.25, 0.3) is 0 Å². The number of aliphatic carboxylic acids is 1. The van der Waals surface area contributed by atoms with E-state index in [-0.39, 0.29) is 18.5 Å². The molecule has 4 nitrogen and oxygen atoms in total. The Balaban J connectivity index is 3.03. The number of rotatable bonds is 6. The first-order valence-electron chi connectivity index (χ1n) is 7.06. The van der Waals surface area contributed by atoms with Crippen molar-refractivity contribution in [3.05, 3.63) is 47.5 Å². The minimum atomic E-state index is -0.898. The molecule has 1 N–H and O–H groups in total. The van der Waals surface area contributed by atoms with Gasteiger partial charge in [0.2, 0.25) is 5.91 Å². The van der Waals surface area contributed by atoms with Crippen molar-refractivity contribution in [1.29, 1.82) is 0 Å². The van der Waals surface area contributed by atoms with Crippen LogP contribution in [0, 0.1) is 5.92 Å². The zero-order chi connectivity index (χ0) is 16.0. The minimum Gasteiger partial charge on any atom is -0.481 e. The third-order valence-corrected chi connectivity index (χ3v) is 3.34. The Morgan fingerprint density at radius 2 is 1.76 bits per heavy atom. The SMILES string of the molecule is CC(C)=CC(=O)N(CC(C)C(=O)O)C(C)c1ccccc1. The molecule has 0 saturated heterocycles. The van der Waals surface area contributed by atoms with Gasteiger partial charge >= 0.3 is 5.97 Å². The number of carboxylic acids is 1. The van der Waals surface area contributed by atoms with Crippen LogP contribution in [0.4, 0.5) is 0 Å². The number of allylic oxidation sites excluding steroid dienone is 1. The van der Waals surface area contributed by atoms with Crippen LogP contribution in [0.5, 0.6) is 0 Å². The van der Waals surface area contributed by atoms with E-state index >= 15 is 0 Å². The third kappa shape index (κ3) is 5.06. The number of nitrogens with zero attached hydrogens (tertiary/aromatic N) is 1. The van der Waals surface area contributed by atoms with Crippen molar-refractivity contribution in [1.82, 2.24) is 4.90 Å². The average molecular weight is 289 g/mol. The molecule has 1 aromatic rings. The van der Waals surface area contributed by atoms with Crippen LogP contribution in [-0.4, -0.2) is 28.4 Å². The van der Waals surface area contributed by atoms with Gasteiger partial charge < -0.3 is 10.0 Å². The molecule has 2 unspecified atom stereocenters. The summed E-state index contributed by atoms with van der Waals surface area (Å²) in [5, 5.41) is 9.09. The topological polar surface area (TPSA) is 57.6 Å². The maximum absolute atomic E-state index is 12.4. The van der Waals surface area contributed by atoms with E-state index in [1.165, 1.54) is 0 Å². The lowest BCUT2D eigenvalue weighted by Gasteiger charge is -2.30. The summed E-state index contributed by atoms with van der Waals surface area (Å²) in [6.07, 6.45) is 1.55. The highest BCUT2D eigenvalue weighted by molar-refractivity contribution is 5.89. The maximum atomic E-state index is 12.4. The fourth-order valence-electron chi connectivity index (χ4n) is 2.05. The zero-order valence-corrected chi connectivity index (χ0v) is 13.0. The number of amides is 1. The van der Waals surface area contributed by atoms with Gasteiger partial charge in [0, 0.05) is 12.6 Å². The lowest BCUT2D eigenvalue weighted by molar-refractivity contribution is -0.143. The van der Waals surface area contributed by atoms with Gasteiger partial charge in [-0.2, -0.15) is 0 Å². The number of benzene rings is 1. The molecule has 0 aromatic heterocycles. The molecule has 0 aliphatic carbocycles. The van der Waals surface area contributed by atoms with Crippen LogP contribution >= 0.6 is 0 Å². The van der Waals surface area contributed by atoms with Gasteiger partial charge in [0.15, 0.2) is 0 Å². The molecule has 114 valence electrons. The van der Waals surface area contributed by atoms with Gasteiger partial charge in [-0.25, -0.2) is 0 Å². The van der Waals surface area contributed by atoms with Crippen LogP contribution in [0.2, 0.25) is 0 Å². The first-order valence-corrected chi connectivity index (χ1v) is 7.06. The second-order valence-corrected chi connectivity index (χ2v) is 5.54. The van der Waals surface area contributed by atoms with Crippen LogP contribution in [0.15, 0.2) is 42.0 Å². The lowest BCUT2D eigenvalue weighted by atomic mass is 10.0. The summed E-state index contributed by atoms with van der Waals surface area (Å²) in [6.45, 7) is 7.42. The Labute approximate surface area is 126 Å². The second kappa shape index (κ2) is 7.62. The fourth-order valence-corrected chi connectivity index (χ4v) is 2.05. The standard InChI is InChI=1S/C17H23NO3/c1-12(2)10-16(19)18(11-13(3)17(20)21)14(4)15-8-6-5-7-9-15/h5-10,13-14H,11H2,1-4H3,(H,20,21). The Hall–Kier alpha value is -2.10. The summed E-state index contributed by atoms with van der Waals surface area (Å²) >= 11 is 0. The molecule has 1 aromatic carbocycles. The van der Waals surface area contributed by atoms with Crippen molar-refractivity contribution >= 4 is 11.9 Å². The second-order valence-electron chi connectivity index (χ2n) is 5.54. The summed E-state index contributed by atoms with van der Waals surface area (Å²) in [5.41, 5.74) is 1.89. The maximum Gasteiger partial charge on any atom is 0.308 e. The largest absolute Gasteiger partial charge is 0.481 e. The van der Waals surface area contributed by atoms with Crippen LogP contribution < -0.4 is 0 Å². The van der Waals surface area contributed by atoms with Gasteiger partial charge in [0.1, 0.15) is 0 Å². The van der Waals surface area contributed by atoms with Crippen LogP contribution in [0.25, 0.3) is 0 Å². The van der Waals surface area contributed by atoms with Crippen LogP contribution in [0.3, 0.4) is 0 Å². The number of carboxylic acid groups (broad SMARTS) is 1. The van der Waals surface area contributed by atoms with Crippen molar-refractivity contribution in [2.75, 3.05) is 6.54 Å². The van der Waals surface area contributed by atoms with E-state index in [1.54, 1.807) is 17.9 Å². The molecule has 0 spiro atoms. The molecule has 0 aliphatic rings. The highest BCUT2D eigenvalue weighted by Crippen LogP contribution is 2.22. The van der Waals surface area contributed by atoms with Gasteiger partial charge in [-0.15, -0.1) is 0 Å². The lowest BCUT2D eigenvalue weighted by Crippen LogP contribution is -2.38. The number of hydrogen-bond donors (Lipinski definition) is 1. The van der Waals surface area contributed by atoms with E-state index in [2.05, 4.69) is 0 Å². The minimum absolute atomic E-state index is 0.153. The molecule has 1 amide bonds. The summed E-state index contributed by atoms with van der Waals surface area (Å²) in [6, 6.07) is 9.46. The summed E-state index contributed by atoms with van der Waals surface area (Å²) < 4.78 is 0. The number of carbonyl (C=O) groups excluding carboxylic acids is 1. The van der Waals surface area contributed by atoms with Crippen molar-refractivity contribution in [2.24, 2.45) is 5.92 Å². The highest BCUT2D eigenvalue weighted by atomic mass is 16.4. The molecule has 2 atom stereocenters. The van der Waals surface area contributed by atoms with E-state index in [9.17, 15) is 9.59 Å². The molecular weight excluding hydrogens is 266 g/mol. The first kappa shape index (κ1) is 17.0. The van der Waals surface area contributed by atoms with Crippen LogP contribution in [-0.2, 0) is 9.59 Å². The fraction of sp³-hybridized carbons (Fsp3) is 0.412. The quantitative estimate of drug-likeness (QED) is 0.818. The summed E-state index contributed by atoms with van der Waals surface area (Å²) in [4.78, 5) is 25.1. The number of hydrogen-bond acceptors (Lipinski definition) is 2. The zero-order valence-electron chi connectivity index (χ0n) is 13.0. The monoisotopic (exact) mass is 289 g/mol. The average Bonchev–Trinajstić information content (AvgIpc) is 2.43. The molecule has 21 heavy (non-hydrogen) atoms. The molecular formula is C17H23NO3. The van der Waals surface area contributed by atoms with Gasteiger partial charge in [-0.3, -0.25) is 9.59 Å². The number of carbonyl (C=O) groups is 2. The molecule has 4 heteroatoms. The summed E-state index contributed by atoms with van der Waals surface area (Å²) in [5.74, 6) is -1.66. The van der Waals surface area contributed by atoms with Crippen LogP contribution in [0.1, 0.15) is 39.3 Å². The van der Waals surface area contributed by atoms with Crippen molar-refractivity contribution in [3.63, 3.8) is 0 Å². The molecule has 0 aliphatic heterocycles. The van der Waals surface area contributed by atoms with E-state index in [0.717, 1.165) is 11.1 Å². The summed E-state index contributed by atoms with van der Waals surface area (Å²) in [7, 11) is 0. The predicted molar refractivity (Wildman–Crippen MR) is 82.8 cm³/mol. The van der Waals surface area contributed by atoms with Crippen molar-refractivity contribution < 1.29 is 14.7 Å². The van der Waals surface area contributed by atoms with Gasteiger partial charge in [0.05, 0.1) is 12.0 Å². The third-order valence-electron chi connectivity index (χ3n) is 3.34. The Morgan fingerprint density at radius 3 is 2.24 bits per heavy atom. The highest BCUT2D eigenvalue weighted by Gasteiger charge is 2.24. The first-order chi connectivity index (χ1) is 9.82. The Morgan fingerprint density at radius 1 is 1.19 bits per heavy atom. The molecule has 0 radical (unpaired) electrons. The molecule has 1 rings (SSSR count). The Kier molecular flexibility index (Phi) is 6.15.